The normalized spacial score (nSPS) is 16.8. The van der Waals surface area contributed by atoms with Crippen LogP contribution in [0.1, 0.15) is 49.5 Å². The summed E-state index contributed by atoms with van der Waals surface area (Å²) < 4.78 is 6.39. The van der Waals surface area contributed by atoms with E-state index in [0.717, 1.165) is 56.2 Å². The third-order valence-electron chi connectivity index (χ3n) is 6.03. The SMILES string of the molecule is CCC[C@@H](C)C(=O)N1CCN(C[C@H](OCc2cccc(C)c2)c2ccc(Cl)cc2)CC1. The number of amides is 1. The molecule has 1 amide bonds. The fourth-order valence-electron chi connectivity index (χ4n) is 4.18. The van der Waals surface area contributed by atoms with Gasteiger partial charge in [0.25, 0.3) is 0 Å². The lowest BCUT2D eigenvalue weighted by atomic mass is 10.0. The van der Waals surface area contributed by atoms with Crippen LogP contribution in [-0.2, 0) is 16.1 Å². The number of rotatable bonds is 9. The van der Waals surface area contributed by atoms with Crippen LogP contribution in [0.25, 0.3) is 0 Å². The second kappa shape index (κ2) is 11.7. The van der Waals surface area contributed by atoms with Crippen molar-refractivity contribution >= 4 is 17.5 Å². The zero-order valence-corrected chi connectivity index (χ0v) is 19.8. The van der Waals surface area contributed by atoms with Crippen molar-refractivity contribution < 1.29 is 9.53 Å². The maximum Gasteiger partial charge on any atom is 0.225 e. The van der Waals surface area contributed by atoms with E-state index < -0.39 is 0 Å². The van der Waals surface area contributed by atoms with Crippen LogP contribution >= 0.6 is 11.6 Å². The number of benzene rings is 2. The summed E-state index contributed by atoms with van der Waals surface area (Å²) >= 11 is 6.10. The molecule has 2 atom stereocenters. The number of piperazine rings is 1. The van der Waals surface area contributed by atoms with E-state index in [2.05, 4.69) is 55.1 Å². The highest BCUT2D eigenvalue weighted by atomic mass is 35.5. The molecule has 1 aliphatic rings. The van der Waals surface area contributed by atoms with Gasteiger partial charge in [-0.25, -0.2) is 0 Å². The summed E-state index contributed by atoms with van der Waals surface area (Å²) in [5.41, 5.74) is 3.55. The second-order valence-electron chi connectivity index (χ2n) is 8.66. The van der Waals surface area contributed by atoms with Crippen molar-refractivity contribution in [3.8, 4) is 0 Å². The molecular formula is C26H35ClN2O2. The molecule has 1 heterocycles. The minimum absolute atomic E-state index is 0.0426. The molecule has 0 aliphatic carbocycles. The van der Waals surface area contributed by atoms with E-state index in [1.54, 1.807) is 0 Å². The van der Waals surface area contributed by atoms with Gasteiger partial charge in [-0.15, -0.1) is 0 Å². The lowest BCUT2D eigenvalue weighted by Crippen LogP contribution is -2.50. The average Bonchev–Trinajstić information content (AvgIpc) is 2.77. The summed E-state index contributed by atoms with van der Waals surface area (Å²) in [6, 6.07) is 16.4. The van der Waals surface area contributed by atoms with E-state index in [1.807, 2.05) is 24.0 Å². The molecule has 0 bridgehead atoms. The van der Waals surface area contributed by atoms with Gasteiger partial charge in [-0.2, -0.15) is 0 Å². The van der Waals surface area contributed by atoms with Crippen molar-refractivity contribution in [1.82, 2.24) is 9.80 Å². The van der Waals surface area contributed by atoms with Gasteiger partial charge < -0.3 is 9.64 Å². The first-order chi connectivity index (χ1) is 15.0. The van der Waals surface area contributed by atoms with Crippen molar-refractivity contribution in [3.63, 3.8) is 0 Å². The summed E-state index contributed by atoms with van der Waals surface area (Å²) in [6.07, 6.45) is 1.97. The minimum atomic E-state index is -0.0426. The van der Waals surface area contributed by atoms with Gasteiger partial charge >= 0.3 is 0 Å². The predicted molar refractivity (Wildman–Crippen MR) is 127 cm³/mol. The highest BCUT2D eigenvalue weighted by molar-refractivity contribution is 6.30. The number of carbonyl (C=O) groups excluding carboxylic acids is 1. The van der Waals surface area contributed by atoms with Crippen molar-refractivity contribution in [2.24, 2.45) is 5.92 Å². The Kier molecular flexibility index (Phi) is 8.94. The van der Waals surface area contributed by atoms with Crippen molar-refractivity contribution in [2.45, 2.75) is 46.3 Å². The van der Waals surface area contributed by atoms with Gasteiger partial charge in [-0.1, -0.05) is 73.8 Å². The third kappa shape index (κ3) is 7.06. The molecule has 2 aromatic carbocycles. The lowest BCUT2D eigenvalue weighted by molar-refractivity contribution is -0.137. The highest BCUT2D eigenvalue weighted by Gasteiger charge is 2.26. The minimum Gasteiger partial charge on any atom is -0.368 e. The molecular weight excluding hydrogens is 408 g/mol. The van der Waals surface area contributed by atoms with Crippen LogP contribution in [0.3, 0.4) is 0 Å². The van der Waals surface area contributed by atoms with E-state index in [4.69, 9.17) is 16.3 Å². The standard InChI is InChI=1S/C26H35ClN2O2/c1-4-6-21(3)26(30)29-15-13-28(14-16-29)18-25(23-9-11-24(27)12-10-23)31-19-22-8-5-7-20(2)17-22/h5,7-12,17,21,25H,4,6,13-16,18-19H2,1-3H3/t21-,25+/m1/s1. The van der Waals surface area contributed by atoms with Gasteiger partial charge in [0.15, 0.2) is 0 Å². The van der Waals surface area contributed by atoms with E-state index in [9.17, 15) is 4.79 Å². The fraction of sp³-hybridized carbons (Fsp3) is 0.500. The maximum atomic E-state index is 12.6. The number of hydrogen-bond acceptors (Lipinski definition) is 3. The third-order valence-corrected chi connectivity index (χ3v) is 6.28. The Bertz CT molecular complexity index is 832. The van der Waals surface area contributed by atoms with Gasteiger partial charge in [-0.05, 0) is 36.6 Å². The summed E-state index contributed by atoms with van der Waals surface area (Å²) in [6.45, 7) is 11.0. The van der Waals surface area contributed by atoms with Gasteiger partial charge in [0, 0.05) is 43.7 Å². The Morgan fingerprint density at radius 1 is 1.10 bits per heavy atom. The average molecular weight is 443 g/mol. The fourth-order valence-corrected chi connectivity index (χ4v) is 4.31. The van der Waals surface area contributed by atoms with E-state index in [-0.39, 0.29) is 12.0 Å². The molecule has 1 fully saturated rings. The summed E-state index contributed by atoms with van der Waals surface area (Å²) in [4.78, 5) is 17.1. The van der Waals surface area contributed by atoms with Crippen LogP contribution < -0.4 is 0 Å². The molecule has 168 valence electrons. The molecule has 2 aromatic rings. The van der Waals surface area contributed by atoms with Crippen molar-refractivity contribution in [1.29, 1.82) is 0 Å². The zero-order valence-electron chi connectivity index (χ0n) is 19.0. The quantitative estimate of drug-likeness (QED) is 0.515. The van der Waals surface area contributed by atoms with Crippen LogP contribution in [0.2, 0.25) is 5.02 Å². The van der Waals surface area contributed by atoms with Crippen molar-refractivity contribution in [3.05, 3.63) is 70.2 Å². The molecule has 0 N–H and O–H groups in total. The molecule has 5 heteroatoms. The van der Waals surface area contributed by atoms with E-state index >= 15 is 0 Å². The smallest absolute Gasteiger partial charge is 0.225 e. The molecule has 0 radical (unpaired) electrons. The van der Waals surface area contributed by atoms with Crippen LogP contribution in [0.5, 0.6) is 0 Å². The number of nitrogens with zero attached hydrogens (tertiary/aromatic N) is 2. The first-order valence-electron chi connectivity index (χ1n) is 11.4. The highest BCUT2D eigenvalue weighted by Crippen LogP contribution is 2.24. The first kappa shape index (κ1) is 23.8. The molecule has 1 aliphatic heterocycles. The molecule has 0 aromatic heterocycles. The van der Waals surface area contributed by atoms with Crippen LogP contribution in [0, 0.1) is 12.8 Å². The monoisotopic (exact) mass is 442 g/mol. The molecule has 4 nitrogen and oxygen atoms in total. The summed E-state index contributed by atoms with van der Waals surface area (Å²) in [5.74, 6) is 0.419. The van der Waals surface area contributed by atoms with Crippen LogP contribution in [0.4, 0.5) is 0 Å². The molecule has 3 rings (SSSR count). The maximum absolute atomic E-state index is 12.6. The molecule has 1 saturated heterocycles. The Morgan fingerprint density at radius 3 is 2.45 bits per heavy atom. The zero-order chi connectivity index (χ0) is 22.2. The molecule has 0 saturated carbocycles. The number of carbonyl (C=O) groups is 1. The molecule has 0 unspecified atom stereocenters. The Labute approximate surface area is 192 Å². The van der Waals surface area contributed by atoms with Gasteiger partial charge in [0.1, 0.15) is 0 Å². The van der Waals surface area contributed by atoms with Crippen LogP contribution in [-0.4, -0.2) is 48.4 Å². The van der Waals surface area contributed by atoms with E-state index in [0.29, 0.717) is 12.5 Å². The number of halogens is 1. The lowest BCUT2D eigenvalue weighted by Gasteiger charge is -2.37. The number of aryl methyl sites for hydroxylation is 1. The van der Waals surface area contributed by atoms with Crippen molar-refractivity contribution in [2.75, 3.05) is 32.7 Å². The number of hydrogen-bond donors (Lipinski definition) is 0. The Balaban J connectivity index is 1.61. The topological polar surface area (TPSA) is 32.8 Å². The summed E-state index contributed by atoms with van der Waals surface area (Å²) in [7, 11) is 0. The first-order valence-corrected chi connectivity index (χ1v) is 11.8. The Hall–Kier alpha value is -1.88. The predicted octanol–water partition coefficient (Wildman–Crippen LogP) is 5.49. The molecule has 0 spiro atoms. The summed E-state index contributed by atoms with van der Waals surface area (Å²) in [5, 5.41) is 0.731. The van der Waals surface area contributed by atoms with Gasteiger partial charge in [0.2, 0.25) is 5.91 Å². The van der Waals surface area contributed by atoms with E-state index in [1.165, 1.54) is 11.1 Å². The largest absolute Gasteiger partial charge is 0.368 e. The second-order valence-corrected chi connectivity index (χ2v) is 9.09. The molecule has 31 heavy (non-hydrogen) atoms. The van der Waals surface area contributed by atoms with Crippen LogP contribution in [0.15, 0.2) is 48.5 Å². The Morgan fingerprint density at radius 2 is 1.81 bits per heavy atom. The number of ether oxygens (including phenoxy) is 1. The van der Waals surface area contributed by atoms with Gasteiger partial charge in [0.05, 0.1) is 12.7 Å². The van der Waals surface area contributed by atoms with Gasteiger partial charge in [-0.3, -0.25) is 9.69 Å².